The van der Waals surface area contributed by atoms with Crippen LogP contribution >= 0.6 is 11.3 Å². The van der Waals surface area contributed by atoms with Gasteiger partial charge in [0.05, 0.1) is 0 Å². The fourth-order valence-electron chi connectivity index (χ4n) is 3.03. The summed E-state index contributed by atoms with van der Waals surface area (Å²) in [6.45, 7) is 0.653. The Morgan fingerprint density at radius 2 is 2.19 bits per heavy atom. The fourth-order valence-corrected chi connectivity index (χ4v) is 3.73. The molecule has 0 spiro atoms. The molecule has 2 rings (SSSR count). The van der Waals surface area contributed by atoms with Gasteiger partial charge in [-0.05, 0) is 30.7 Å². The Morgan fingerprint density at radius 3 is 2.76 bits per heavy atom. The summed E-state index contributed by atoms with van der Waals surface area (Å²) in [5, 5.41) is 14.2. The summed E-state index contributed by atoms with van der Waals surface area (Å²) in [4.78, 5) is 15.8. The second-order valence-electron chi connectivity index (χ2n) is 5.68. The number of carbonyl (C=O) groups is 1. The quantitative estimate of drug-likeness (QED) is 0.379. The van der Waals surface area contributed by atoms with E-state index in [1.54, 1.807) is 23.3 Å². The molecule has 116 valence electrons. The number of amides is 1. The third kappa shape index (κ3) is 3.37. The molecule has 3 N–H and O–H groups in total. The van der Waals surface area contributed by atoms with Gasteiger partial charge in [0.1, 0.15) is 5.41 Å². The van der Waals surface area contributed by atoms with Crippen molar-refractivity contribution in [3.8, 4) is 0 Å². The van der Waals surface area contributed by atoms with Crippen LogP contribution in [0.25, 0.3) is 0 Å². The SMILES string of the molecule is CN(CCc1cccs1)C(=O)C1(C(N)=NO)CCCCC1. The van der Waals surface area contributed by atoms with Gasteiger partial charge in [0.15, 0.2) is 5.84 Å². The number of likely N-dealkylation sites (N-methyl/N-ethyl adjacent to an activating group) is 1. The Balaban J connectivity index is 2.06. The van der Waals surface area contributed by atoms with Crippen LogP contribution in [0.15, 0.2) is 22.7 Å². The van der Waals surface area contributed by atoms with Crippen LogP contribution in [-0.2, 0) is 11.2 Å². The second-order valence-corrected chi connectivity index (χ2v) is 6.72. The number of thiophene rings is 1. The minimum absolute atomic E-state index is 0.0194. The molecule has 1 aliphatic rings. The third-order valence-corrected chi connectivity index (χ3v) is 5.27. The molecule has 0 aromatic carbocycles. The van der Waals surface area contributed by atoms with Gasteiger partial charge in [0.25, 0.3) is 0 Å². The summed E-state index contributed by atoms with van der Waals surface area (Å²) in [7, 11) is 1.80. The van der Waals surface area contributed by atoms with Crippen molar-refractivity contribution in [1.82, 2.24) is 4.90 Å². The molecule has 0 atom stereocenters. The third-order valence-electron chi connectivity index (χ3n) is 4.33. The normalized spacial score (nSPS) is 18.4. The molecule has 1 saturated carbocycles. The van der Waals surface area contributed by atoms with Crippen LogP contribution in [-0.4, -0.2) is 35.4 Å². The zero-order valence-electron chi connectivity index (χ0n) is 12.4. The Morgan fingerprint density at radius 1 is 1.48 bits per heavy atom. The smallest absolute Gasteiger partial charge is 0.236 e. The van der Waals surface area contributed by atoms with E-state index in [9.17, 15) is 4.79 Å². The van der Waals surface area contributed by atoms with Gasteiger partial charge in [0.2, 0.25) is 5.91 Å². The average molecular weight is 309 g/mol. The number of nitrogens with two attached hydrogens (primary N) is 1. The van der Waals surface area contributed by atoms with Crippen LogP contribution in [0, 0.1) is 5.41 Å². The van der Waals surface area contributed by atoms with E-state index in [1.807, 2.05) is 11.4 Å². The van der Waals surface area contributed by atoms with Gasteiger partial charge >= 0.3 is 0 Å². The zero-order chi connectivity index (χ0) is 15.3. The molecular weight excluding hydrogens is 286 g/mol. The highest BCUT2D eigenvalue weighted by Crippen LogP contribution is 2.38. The summed E-state index contributed by atoms with van der Waals surface area (Å²) in [6, 6.07) is 4.09. The van der Waals surface area contributed by atoms with Crippen LogP contribution < -0.4 is 5.73 Å². The van der Waals surface area contributed by atoms with E-state index in [0.29, 0.717) is 19.4 Å². The first-order chi connectivity index (χ1) is 10.1. The van der Waals surface area contributed by atoms with Crippen molar-refractivity contribution in [1.29, 1.82) is 0 Å². The van der Waals surface area contributed by atoms with E-state index < -0.39 is 5.41 Å². The van der Waals surface area contributed by atoms with Crippen molar-refractivity contribution in [3.05, 3.63) is 22.4 Å². The highest BCUT2D eigenvalue weighted by molar-refractivity contribution is 7.09. The molecular formula is C15H23N3O2S. The van der Waals surface area contributed by atoms with Gasteiger partial charge in [0, 0.05) is 18.5 Å². The number of carbonyl (C=O) groups excluding carboxylic acids is 1. The Kier molecular flexibility index (Phi) is 5.22. The Bertz CT molecular complexity index is 493. The lowest BCUT2D eigenvalue weighted by Gasteiger charge is -2.37. The molecule has 1 aliphatic carbocycles. The largest absolute Gasteiger partial charge is 0.409 e. The summed E-state index contributed by atoms with van der Waals surface area (Å²) < 4.78 is 0. The number of rotatable bonds is 5. The van der Waals surface area contributed by atoms with Gasteiger partial charge < -0.3 is 15.8 Å². The van der Waals surface area contributed by atoms with Gasteiger partial charge in [-0.25, -0.2) is 0 Å². The maximum Gasteiger partial charge on any atom is 0.236 e. The van der Waals surface area contributed by atoms with Gasteiger partial charge in [-0.2, -0.15) is 0 Å². The molecule has 0 unspecified atom stereocenters. The lowest BCUT2D eigenvalue weighted by molar-refractivity contribution is -0.138. The molecule has 1 amide bonds. The van der Waals surface area contributed by atoms with Crippen molar-refractivity contribution in [3.63, 3.8) is 0 Å². The monoisotopic (exact) mass is 309 g/mol. The summed E-state index contributed by atoms with van der Waals surface area (Å²) >= 11 is 1.70. The maximum absolute atomic E-state index is 12.8. The van der Waals surface area contributed by atoms with E-state index in [0.717, 1.165) is 25.7 Å². The fraction of sp³-hybridized carbons (Fsp3) is 0.600. The van der Waals surface area contributed by atoms with Crippen LogP contribution in [0.5, 0.6) is 0 Å². The summed E-state index contributed by atoms with van der Waals surface area (Å²) in [5.74, 6) is 0.0456. The minimum atomic E-state index is -0.808. The van der Waals surface area contributed by atoms with Gasteiger partial charge in [-0.15, -0.1) is 11.3 Å². The molecule has 5 nitrogen and oxygen atoms in total. The van der Waals surface area contributed by atoms with Crippen LogP contribution in [0.4, 0.5) is 0 Å². The molecule has 1 aromatic heterocycles. The van der Waals surface area contributed by atoms with Crippen molar-refractivity contribution in [2.75, 3.05) is 13.6 Å². The number of hydrogen-bond acceptors (Lipinski definition) is 4. The second kappa shape index (κ2) is 6.93. The van der Waals surface area contributed by atoms with Gasteiger partial charge in [-0.3, -0.25) is 4.79 Å². The number of amidine groups is 1. The molecule has 1 aromatic rings. The highest BCUT2D eigenvalue weighted by atomic mass is 32.1. The van der Waals surface area contributed by atoms with E-state index in [2.05, 4.69) is 11.2 Å². The molecule has 1 fully saturated rings. The molecule has 1 heterocycles. The lowest BCUT2D eigenvalue weighted by atomic mass is 9.72. The molecule has 0 saturated heterocycles. The maximum atomic E-state index is 12.8. The standard InChI is InChI=1S/C15H23N3O2S/c1-18(10-7-12-6-5-11-21-12)14(19)15(13(16)17-20)8-3-2-4-9-15/h5-6,11,20H,2-4,7-10H2,1H3,(H2,16,17). The Labute approximate surface area is 129 Å². The predicted octanol–water partition coefficient (Wildman–Crippen LogP) is 2.45. The van der Waals surface area contributed by atoms with Crippen LogP contribution in [0.1, 0.15) is 37.0 Å². The van der Waals surface area contributed by atoms with E-state index in [1.165, 1.54) is 4.88 Å². The number of oxime groups is 1. The molecule has 0 aliphatic heterocycles. The first kappa shape index (κ1) is 15.8. The average Bonchev–Trinajstić information content (AvgIpc) is 3.05. The topological polar surface area (TPSA) is 78.9 Å². The molecule has 0 radical (unpaired) electrons. The van der Waals surface area contributed by atoms with Crippen molar-refractivity contribution in [2.45, 2.75) is 38.5 Å². The van der Waals surface area contributed by atoms with Crippen molar-refractivity contribution < 1.29 is 10.0 Å². The first-order valence-corrected chi connectivity index (χ1v) is 8.24. The molecule has 0 bridgehead atoms. The molecule has 21 heavy (non-hydrogen) atoms. The summed E-state index contributed by atoms with van der Waals surface area (Å²) in [6.07, 6.45) is 5.18. The van der Waals surface area contributed by atoms with E-state index in [4.69, 9.17) is 10.9 Å². The number of hydrogen-bond donors (Lipinski definition) is 2. The van der Waals surface area contributed by atoms with Gasteiger partial charge in [-0.1, -0.05) is 30.5 Å². The van der Waals surface area contributed by atoms with Crippen LogP contribution in [0.2, 0.25) is 0 Å². The molecule has 6 heteroatoms. The predicted molar refractivity (Wildman–Crippen MR) is 84.6 cm³/mol. The number of nitrogens with zero attached hydrogens (tertiary/aromatic N) is 2. The van der Waals surface area contributed by atoms with Crippen molar-refractivity contribution >= 4 is 23.1 Å². The zero-order valence-corrected chi connectivity index (χ0v) is 13.2. The van der Waals surface area contributed by atoms with Crippen molar-refractivity contribution in [2.24, 2.45) is 16.3 Å². The highest BCUT2D eigenvalue weighted by Gasteiger charge is 2.45. The van der Waals surface area contributed by atoms with E-state index >= 15 is 0 Å². The first-order valence-electron chi connectivity index (χ1n) is 7.36. The summed E-state index contributed by atoms with van der Waals surface area (Å²) in [5.41, 5.74) is 5.06. The lowest BCUT2D eigenvalue weighted by Crippen LogP contribution is -2.51. The van der Waals surface area contributed by atoms with Crippen LogP contribution in [0.3, 0.4) is 0 Å². The van der Waals surface area contributed by atoms with E-state index in [-0.39, 0.29) is 11.7 Å². The minimum Gasteiger partial charge on any atom is -0.409 e. The Hall–Kier alpha value is -1.56.